The average Bonchev–Trinajstić information content (AvgIpc) is 2.48. The number of ether oxygens (including phenoxy) is 1. The standard InChI is InChI=1S/C16H12O6.2ClH/c1-21-15-4-8(2-3-11(15)18)16-13(20)7-10-12(19)5-9(17)6-14(10)22-16;;/h2-7H,1H3,(H3-,17,18,19,20);2*1H. The smallest absolute Gasteiger partial charge is 0.402 e. The van der Waals surface area contributed by atoms with Gasteiger partial charge in [-0.1, -0.05) is 0 Å². The Balaban J connectivity index is 0.00000144. The number of phenols is 3. The molecule has 0 saturated carbocycles. The molecular formula is C16H14Cl2O6. The second-order valence-electron chi connectivity index (χ2n) is 4.72. The van der Waals surface area contributed by atoms with E-state index in [-0.39, 0.29) is 70.3 Å². The predicted molar refractivity (Wildman–Crippen MR) is 86.5 cm³/mol. The van der Waals surface area contributed by atoms with Gasteiger partial charge in [-0.25, -0.2) is 4.42 Å². The van der Waals surface area contributed by atoms with Crippen LogP contribution in [0.1, 0.15) is 0 Å². The van der Waals surface area contributed by atoms with Crippen molar-refractivity contribution in [2.45, 2.75) is 0 Å². The molecule has 0 aliphatic carbocycles. The summed E-state index contributed by atoms with van der Waals surface area (Å²) in [6.07, 6.45) is 0. The molecule has 1 heterocycles. The Morgan fingerprint density at radius 2 is 1.58 bits per heavy atom. The number of hydrogen-bond acceptors (Lipinski definition) is 5. The first-order valence-corrected chi connectivity index (χ1v) is 6.39. The van der Waals surface area contributed by atoms with Crippen molar-refractivity contribution in [3.8, 4) is 40.1 Å². The minimum absolute atomic E-state index is 0. The lowest BCUT2D eigenvalue weighted by atomic mass is 10.1. The van der Waals surface area contributed by atoms with Crippen LogP contribution < -0.4 is 17.1 Å². The summed E-state index contributed by atoms with van der Waals surface area (Å²) >= 11 is 0. The van der Waals surface area contributed by atoms with Crippen LogP contribution in [0.15, 0.2) is 40.8 Å². The predicted octanol–water partition coefficient (Wildman–Crippen LogP) is 0.638. The summed E-state index contributed by atoms with van der Waals surface area (Å²) in [5.41, 5.74) is 0.675. The van der Waals surface area contributed by atoms with Crippen molar-refractivity contribution in [1.82, 2.24) is 0 Å². The van der Waals surface area contributed by atoms with E-state index in [1.54, 1.807) is 6.07 Å². The van der Waals surface area contributed by atoms with Crippen LogP contribution in [0.2, 0.25) is 0 Å². The Labute approximate surface area is 149 Å². The van der Waals surface area contributed by atoms with E-state index in [0.717, 1.165) is 6.07 Å². The maximum Gasteiger partial charge on any atom is 0.402 e. The Bertz CT molecular complexity index is 882. The molecule has 4 N–H and O–H groups in total. The molecule has 3 aromatic rings. The molecule has 24 heavy (non-hydrogen) atoms. The lowest BCUT2D eigenvalue weighted by Gasteiger charge is -2.04. The molecule has 0 amide bonds. The molecule has 1 aromatic heterocycles. The lowest BCUT2D eigenvalue weighted by Crippen LogP contribution is -3.00. The molecule has 128 valence electrons. The third kappa shape index (κ3) is 3.34. The van der Waals surface area contributed by atoms with Gasteiger partial charge >= 0.3 is 11.3 Å². The van der Waals surface area contributed by atoms with Gasteiger partial charge in [0, 0.05) is 18.2 Å². The molecule has 0 saturated heterocycles. The highest BCUT2D eigenvalue weighted by Crippen LogP contribution is 2.40. The summed E-state index contributed by atoms with van der Waals surface area (Å²) in [4.78, 5) is 0. The van der Waals surface area contributed by atoms with Crippen molar-refractivity contribution in [3.05, 3.63) is 36.4 Å². The number of benzene rings is 2. The van der Waals surface area contributed by atoms with Gasteiger partial charge in [0.05, 0.1) is 18.7 Å². The number of halogens is 2. The Kier molecular flexibility index (Phi) is 5.95. The quantitative estimate of drug-likeness (QED) is 0.492. The van der Waals surface area contributed by atoms with Crippen LogP contribution in [-0.2, 0) is 0 Å². The maximum atomic E-state index is 10.1. The van der Waals surface area contributed by atoms with Crippen LogP contribution in [0.5, 0.6) is 28.7 Å². The summed E-state index contributed by atoms with van der Waals surface area (Å²) in [6, 6.07) is 8.28. The van der Waals surface area contributed by atoms with Crippen molar-refractivity contribution >= 4 is 23.4 Å². The van der Waals surface area contributed by atoms with Gasteiger partial charge in [0.25, 0.3) is 0 Å². The van der Waals surface area contributed by atoms with Crippen molar-refractivity contribution in [3.63, 3.8) is 0 Å². The highest BCUT2D eigenvalue weighted by Gasteiger charge is 2.24. The van der Waals surface area contributed by atoms with Crippen molar-refractivity contribution in [2.24, 2.45) is 0 Å². The van der Waals surface area contributed by atoms with E-state index in [4.69, 9.17) is 9.15 Å². The highest BCUT2D eigenvalue weighted by atomic mass is 35.5. The van der Waals surface area contributed by atoms with E-state index in [0.29, 0.717) is 5.56 Å². The molecule has 0 radical (unpaired) electrons. The van der Waals surface area contributed by atoms with Crippen LogP contribution in [-0.4, -0.2) is 27.5 Å². The van der Waals surface area contributed by atoms with Gasteiger partial charge in [0.2, 0.25) is 5.75 Å². The zero-order valence-corrected chi connectivity index (χ0v) is 13.9. The third-order valence-electron chi connectivity index (χ3n) is 3.27. The minimum Gasteiger partial charge on any atom is -1.00 e. The summed E-state index contributed by atoms with van der Waals surface area (Å²) in [7, 11) is 1.41. The number of fused-ring (bicyclic) bond motifs is 1. The van der Waals surface area contributed by atoms with Crippen molar-refractivity contribution < 1.29 is 42.0 Å². The van der Waals surface area contributed by atoms with E-state index in [1.165, 1.54) is 31.4 Å². The molecule has 2 aromatic carbocycles. The van der Waals surface area contributed by atoms with Gasteiger partial charge in [-0.3, -0.25) is 0 Å². The Morgan fingerprint density at radius 1 is 0.875 bits per heavy atom. The summed E-state index contributed by atoms with van der Waals surface area (Å²) in [5, 5.41) is 39.3. The molecule has 6 nitrogen and oxygen atoms in total. The molecule has 0 fully saturated rings. The fraction of sp³-hybridized carbons (Fsp3) is 0.0625. The van der Waals surface area contributed by atoms with E-state index >= 15 is 0 Å². The number of hydrogen-bond donors (Lipinski definition) is 4. The number of phenolic OH excluding ortho intramolecular Hbond substituents is 3. The summed E-state index contributed by atoms with van der Waals surface area (Å²) in [6.45, 7) is 0. The van der Waals surface area contributed by atoms with Crippen molar-refractivity contribution in [2.75, 3.05) is 7.11 Å². The zero-order valence-electron chi connectivity index (χ0n) is 12.4. The van der Waals surface area contributed by atoms with E-state index < -0.39 is 0 Å². The van der Waals surface area contributed by atoms with Crippen LogP contribution in [0.25, 0.3) is 22.3 Å². The Hall–Kier alpha value is -2.57. The van der Waals surface area contributed by atoms with Gasteiger partial charge in [0.1, 0.15) is 16.9 Å². The van der Waals surface area contributed by atoms with Gasteiger partial charge in [-0.2, -0.15) is 0 Å². The van der Waals surface area contributed by atoms with Crippen LogP contribution in [0.4, 0.5) is 0 Å². The number of rotatable bonds is 2. The SMILES string of the molecule is COc1cc(-c2[o+]c3cc(O)cc(O)c3cc2O)ccc1O.Cl.[Cl-]. The molecule has 0 bridgehead atoms. The van der Waals surface area contributed by atoms with E-state index in [1.807, 2.05) is 0 Å². The fourth-order valence-electron chi connectivity index (χ4n) is 2.22. The minimum atomic E-state index is -0.205. The molecule has 3 rings (SSSR count). The number of methoxy groups -OCH3 is 1. The van der Waals surface area contributed by atoms with Gasteiger partial charge < -0.3 is 37.6 Å². The molecule has 0 unspecified atom stereocenters. The largest absolute Gasteiger partial charge is 1.00 e. The molecule has 8 heteroatoms. The van der Waals surface area contributed by atoms with Crippen LogP contribution in [0.3, 0.4) is 0 Å². The van der Waals surface area contributed by atoms with Gasteiger partial charge in [-0.05, 0) is 12.1 Å². The fourth-order valence-corrected chi connectivity index (χ4v) is 2.22. The van der Waals surface area contributed by atoms with E-state index in [9.17, 15) is 20.4 Å². The number of aromatic hydroxyl groups is 4. The topological polar surface area (TPSA) is 101 Å². The molecular weight excluding hydrogens is 359 g/mol. The lowest BCUT2D eigenvalue weighted by molar-refractivity contribution is -0.00000923. The zero-order chi connectivity index (χ0) is 15.9. The first-order valence-electron chi connectivity index (χ1n) is 6.39. The molecule has 0 aliphatic rings. The highest BCUT2D eigenvalue weighted by molar-refractivity contribution is 5.88. The van der Waals surface area contributed by atoms with E-state index in [2.05, 4.69) is 0 Å². The first-order chi connectivity index (χ1) is 10.5. The summed E-state index contributed by atoms with van der Waals surface area (Å²) in [5.74, 6) is -0.248. The Morgan fingerprint density at radius 3 is 2.25 bits per heavy atom. The van der Waals surface area contributed by atoms with Crippen molar-refractivity contribution in [1.29, 1.82) is 0 Å². The third-order valence-corrected chi connectivity index (χ3v) is 3.27. The van der Waals surface area contributed by atoms with Gasteiger partial charge in [-0.15, -0.1) is 12.4 Å². The second kappa shape index (κ2) is 7.33. The maximum absolute atomic E-state index is 10.1. The monoisotopic (exact) mass is 372 g/mol. The average molecular weight is 373 g/mol. The van der Waals surface area contributed by atoms with Crippen LogP contribution in [0, 0.1) is 0 Å². The molecule has 0 aliphatic heterocycles. The molecule has 0 spiro atoms. The first kappa shape index (κ1) is 19.5. The summed E-state index contributed by atoms with van der Waals surface area (Å²) < 4.78 is 10.6. The van der Waals surface area contributed by atoms with Crippen LogP contribution >= 0.6 is 12.4 Å². The van der Waals surface area contributed by atoms with Gasteiger partial charge in [0.15, 0.2) is 11.5 Å². The second-order valence-corrected chi connectivity index (χ2v) is 4.72. The molecule has 0 atom stereocenters. The normalized spacial score (nSPS) is 9.88.